The van der Waals surface area contributed by atoms with Crippen LogP contribution < -0.4 is 14.4 Å². The molecule has 2 aromatic rings. The lowest BCUT2D eigenvalue weighted by atomic mass is 10.1. The number of nitro benzene ring substituents is 1. The zero-order valence-electron chi connectivity index (χ0n) is 13.0. The maximum absolute atomic E-state index is 10.8. The molecule has 1 aliphatic rings. The number of nitrogens with zero attached hydrogens (tertiary/aromatic N) is 3. The smallest absolute Gasteiger partial charge is 0.270 e. The fourth-order valence-corrected chi connectivity index (χ4v) is 2.62. The van der Waals surface area contributed by atoms with Gasteiger partial charge in [-0.15, -0.1) is 0 Å². The van der Waals surface area contributed by atoms with Gasteiger partial charge >= 0.3 is 0 Å². The second-order valence-electron chi connectivity index (χ2n) is 5.45. The largest absolute Gasteiger partial charge is 0.486 e. The third kappa shape index (κ3) is 3.08. The van der Waals surface area contributed by atoms with Crippen LogP contribution in [0.3, 0.4) is 0 Å². The first-order valence-electron chi connectivity index (χ1n) is 7.36. The maximum atomic E-state index is 10.8. The molecule has 0 aromatic heterocycles. The molecule has 7 nitrogen and oxygen atoms in total. The highest BCUT2D eigenvalue weighted by atomic mass is 16.6. The van der Waals surface area contributed by atoms with Crippen LogP contribution in [-0.4, -0.2) is 31.2 Å². The van der Waals surface area contributed by atoms with E-state index in [0.717, 1.165) is 0 Å². The highest BCUT2D eigenvalue weighted by Crippen LogP contribution is 2.31. The van der Waals surface area contributed by atoms with E-state index in [1.165, 1.54) is 12.1 Å². The van der Waals surface area contributed by atoms with Crippen LogP contribution in [0.1, 0.15) is 5.56 Å². The molecule has 0 N–H and O–H groups in total. The van der Waals surface area contributed by atoms with E-state index >= 15 is 0 Å². The second kappa shape index (κ2) is 6.46. The Bertz CT molecular complexity index is 816. The summed E-state index contributed by atoms with van der Waals surface area (Å²) in [6.07, 6.45) is -0.202. The number of nitro groups is 1. The van der Waals surface area contributed by atoms with Gasteiger partial charge in [-0.05, 0) is 18.2 Å². The zero-order chi connectivity index (χ0) is 17.1. The summed E-state index contributed by atoms with van der Waals surface area (Å²) in [4.78, 5) is 12.2. The molecule has 24 heavy (non-hydrogen) atoms. The standard InChI is InChI=1S/C17H15N3O4/c1-19(15-7-6-13(20(21)22)8-12(15)9-18)10-14-11-23-16-4-2-3-5-17(16)24-14/h2-8,14H,10-11H2,1H3/t14-/m0/s1. The van der Waals surface area contributed by atoms with E-state index in [1.54, 1.807) is 6.07 Å². The number of anilines is 1. The van der Waals surface area contributed by atoms with Crippen molar-refractivity contribution in [2.24, 2.45) is 0 Å². The molecule has 0 saturated heterocycles. The molecule has 2 aromatic carbocycles. The van der Waals surface area contributed by atoms with E-state index in [0.29, 0.717) is 30.3 Å². The summed E-state index contributed by atoms with van der Waals surface area (Å²) >= 11 is 0. The van der Waals surface area contributed by atoms with Gasteiger partial charge in [0.1, 0.15) is 12.7 Å². The van der Waals surface area contributed by atoms with Crippen LogP contribution in [0.4, 0.5) is 11.4 Å². The molecule has 0 fully saturated rings. The molecule has 122 valence electrons. The summed E-state index contributed by atoms with van der Waals surface area (Å²) in [6.45, 7) is 0.886. The Hall–Kier alpha value is -3.27. The molecule has 0 unspecified atom stereocenters. The molecule has 0 bridgehead atoms. The fourth-order valence-electron chi connectivity index (χ4n) is 2.62. The molecule has 3 rings (SSSR count). The van der Waals surface area contributed by atoms with Gasteiger partial charge in [0.2, 0.25) is 0 Å². The number of likely N-dealkylation sites (N-methyl/N-ethyl adjacent to an activating group) is 1. The number of fused-ring (bicyclic) bond motifs is 1. The summed E-state index contributed by atoms with van der Waals surface area (Å²) in [7, 11) is 1.81. The van der Waals surface area contributed by atoms with Crippen molar-refractivity contribution in [2.75, 3.05) is 25.1 Å². The third-order valence-electron chi connectivity index (χ3n) is 3.77. The number of hydrogen-bond donors (Lipinski definition) is 0. The van der Waals surface area contributed by atoms with Crippen LogP contribution in [-0.2, 0) is 0 Å². The van der Waals surface area contributed by atoms with Crippen LogP contribution in [0.25, 0.3) is 0 Å². The summed E-state index contributed by atoms with van der Waals surface area (Å²) in [5, 5.41) is 20.1. The summed E-state index contributed by atoms with van der Waals surface area (Å²) < 4.78 is 11.6. The van der Waals surface area contributed by atoms with E-state index in [1.807, 2.05) is 42.3 Å². The number of para-hydroxylation sites is 2. The minimum absolute atomic E-state index is 0.102. The molecule has 1 heterocycles. The Morgan fingerprint density at radius 1 is 1.33 bits per heavy atom. The average molecular weight is 325 g/mol. The number of non-ortho nitro benzene ring substituents is 1. The SMILES string of the molecule is CN(C[C@H]1COc2ccccc2O1)c1ccc([N+](=O)[O-])cc1C#N. The Labute approximate surface area is 138 Å². The van der Waals surface area contributed by atoms with Crippen molar-refractivity contribution in [1.29, 1.82) is 5.26 Å². The van der Waals surface area contributed by atoms with Crippen molar-refractivity contribution < 1.29 is 14.4 Å². The highest BCUT2D eigenvalue weighted by Gasteiger charge is 2.23. The Morgan fingerprint density at radius 2 is 2.08 bits per heavy atom. The van der Waals surface area contributed by atoms with Gasteiger partial charge in [0, 0.05) is 19.2 Å². The first-order chi connectivity index (χ1) is 11.6. The minimum atomic E-state index is -0.514. The average Bonchev–Trinajstić information content (AvgIpc) is 2.60. The van der Waals surface area contributed by atoms with Crippen LogP contribution in [0.15, 0.2) is 42.5 Å². The predicted molar refractivity (Wildman–Crippen MR) is 87.4 cm³/mol. The lowest BCUT2D eigenvalue weighted by Crippen LogP contribution is -2.39. The first-order valence-corrected chi connectivity index (χ1v) is 7.36. The first kappa shape index (κ1) is 15.6. The van der Waals surface area contributed by atoms with Crippen molar-refractivity contribution in [3.05, 3.63) is 58.1 Å². The van der Waals surface area contributed by atoms with E-state index < -0.39 is 4.92 Å². The molecule has 0 radical (unpaired) electrons. The quantitative estimate of drug-likeness (QED) is 0.634. The topological polar surface area (TPSA) is 88.6 Å². The molecule has 0 aliphatic carbocycles. The van der Waals surface area contributed by atoms with E-state index in [-0.39, 0.29) is 17.4 Å². The van der Waals surface area contributed by atoms with Gasteiger partial charge in [-0.2, -0.15) is 5.26 Å². The third-order valence-corrected chi connectivity index (χ3v) is 3.77. The van der Waals surface area contributed by atoms with Gasteiger partial charge in [0.25, 0.3) is 5.69 Å². The van der Waals surface area contributed by atoms with Gasteiger partial charge in [-0.1, -0.05) is 12.1 Å². The maximum Gasteiger partial charge on any atom is 0.270 e. The van der Waals surface area contributed by atoms with E-state index in [2.05, 4.69) is 0 Å². The Morgan fingerprint density at radius 3 is 2.79 bits per heavy atom. The highest BCUT2D eigenvalue weighted by molar-refractivity contribution is 5.62. The van der Waals surface area contributed by atoms with Crippen molar-refractivity contribution in [3.8, 4) is 17.6 Å². The summed E-state index contributed by atoms with van der Waals surface area (Å²) in [6, 6.07) is 13.7. The Balaban J connectivity index is 1.75. The minimum Gasteiger partial charge on any atom is -0.486 e. The van der Waals surface area contributed by atoms with Gasteiger partial charge in [-0.25, -0.2) is 0 Å². The number of ether oxygens (including phenoxy) is 2. The molecule has 1 atom stereocenters. The monoisotopic (exact) mass is 325 g/mol. The molecular formula is C17H15N3O4. The van der Waals surface area contributed by atoms with Crippen molar-refractivity contribution >= 4 is 11.4 Å². The van der Waals surface area contributed by atoms with Crippen LogP contribution in [0.5, 0.6) is 11.5 Å². The van der Waals surface area contributed by atoms with Crippen molar-refractivity contribution in [2.45, 2.75) is 6.10 Å². The predicted octanol–water partition coefficient (Wildman–Crippen LogP) is 2.74. The van der Waals surface area contributed by atoms with Crippen LogP contribution in [0.2, 0.25) is 0 Å². The van der Waals surface area contributed by atoms with Crippen molar-refractivity contribution in [3.63, 3.8) is 0 Å². The lowest BCUT2D eigenvalue weighted by molar-refractivity contribution is -0.384. The number of benzene rings is 2. The number of hydrogen-bond acceptors (Lipinski definition) is 6. The van der Waals surface area contributed by atoms with Crippen LogP contribution in [0, 0.1) is 21.4 Å². The molecule has 7 heteroatoms. The van der Waals surface area contributed by atoms with Crippen molar-refractivity contribution in [1.82, 2.24) is 0 Å². The Kier molecular flexibility index (Phi) is 4.20. The molecule has 0 spiro atoms. The van der Waals surface area contributed by atoms with E-state index in [9.17, 15) is 15.4 Å². The fraction of sp³-hybridized carbons (Fsp3) is 0.235. The van der Waals surface area contributed by atoms with Gasteiger partial charge < -0.3 is 14.4 Å². The van der Waals surface area contributed by atoms with E-state index in [4.69, 9.17) is 9.47 Å². The molecule has 0 amide bonds. The van der Waals surface area contributed by atoms with Gasteiger partial charge in [-0.3, -0.25) is 10.1 Å². The summed E-state index contributed by atoms with van der Waals surface area (Å²) in [5.74, 6) is 1.40. The number of nitriles is 1. The van der Waals surface area contributed by atoms with Gasteiger partial charge in [0.05, 0.1) is 22.7 Å². The second-order valence-corrected chi connectivity index (χ2v) is 5.45. The summed E-state index contributed by atoms with van der Waals surface area (Å²) in [5.41, 5.74) is 0.768. The zero-order valence-corrected chi connectivity index (χ0v) is 13.0. The van der Waals surface area contributed by atoms with Gasteiger partial charge in [0.15, 0.2) is 17.6 Å². The number of rotatable bonds is 4. The molecular weight excluding hydrogens is 310 g/mol. The lowest BCUT2D eigenvalue weighted by Gasteiger charge is -2.30. The normalized spacial score (nSPS) is 15.4. The molecule has 1 aliphatic heterocycles. The van der Waals surface area contributed by atoms with Crippen LogP contribution >= 0.6 is 0 Å². The molecule has 0 saturated carbocycles.